The fraction of sp³-hybridized carbons (Fsp3) is 0.333. The third-order valence-corrected chi connectivity index (χ3v) is 11.0. The molecule has 3 fully saturated rings. The van der Waals surface area contributed by atoms with Gasteiger partial charge >= 0.3 is 11.4 Å². The van der Waals surface area contributed by atoms with Gasteiger partial charge in [0.15, 0.2) is 5.69 Å². The van der Waals surface area contributed by atoms with Crippen LogP contribution in [0.4, 0.5) is 28.4 Å². The number of aromatic hydroxyl groups is 1. The van der Waals surface area contributed by atoms with Crippen molar-refractivity contribution in [2.75, 3.05) is 35.9 Å². The first kappa shape index (κ1) is 33.4. The first-order chi connectivity index (χ1) is 24.2. The molecule has 2 aliphatic heterocycles. The number of fused-ring (bicyclic) bond motifs is 4. The molecule has 0 unspecified atom stereocenters. The minimum Gasteiger partial charge on any atom is -0.508 e. The van der Waals surface area contributed by atoms with Crippen molar-refractivity contribution >= 4 is 52.1 Å². The highest BCUT2D eigenvalue weighted by Gasteiger charge is 2.68. The number of phenolic OH excluding ortho intramolecular Hbond substituents is 1. The number of phenols is 1. The summed E-state index contributed by atoms with van der Waals surface area (Å²) in [5.74, 6) is -6.56. The zero-order chi connectivity index (χ0) is 36.7. The third kappa shape index (κ3) is 4.71. The van der Waals surface area contributed by atoms with Crippen LogP contribution in [-0.2, 0) is 19.2 Å². The van der Waals surface area contributed by atoms with E-state index >= 15 is 0 Å². The second-order valence-electron chi connectivity index (χ2n) is 13.7. The number of carbonyl (C=O) groups excluding carboxylic acids is 4. The maximum atomic E-state index is 14.6. The maximum Gasteiger partial charge on any atom is 0.301 e. The van der Waals surface area contributed by atoms with Gasteiger partial charge in [-0.25, -0.2) is 9.80 Å². The standard InChI is InChI=1S/C36H33N5O10/c1-36-25(33(44)39(35(36)46)18-8-6-5-7-9-18)17-24-21(30(36)22-11-10-20(42)16-28(22)51-4)12-13-23-29(24)34(45)38(32(23)43)19-14-26(40(47)48)31(37(2)3)27(15-19)41(49)50/h5-12,14-16,23-25,29-30,42H,13,17H2,1-4H3/t23-,24+,25-,29-,30+,36+/m0/s1. The number of para-hydroxylation sites is 1. The van der Waals surface area contributed by atoms with Crippen LogP contribution in [0, 0.1) is 49.3 Å². The van der Waals surface area contributed by atoms with Crippen LogP contribution in [0.5, 0.6) is 11.5 Å². The molecule has 15 nitrogen and oxygen atoms in total. The summed E-state index contributed by atoms with van der Waals surface area (Å²) in [6.45, 7) is 1.72. The molecule has 2 aliphatic carbocycles. The normalized spacial score (nSPS) is 26.7. The SMILES string of the molecule is COc1cc(O)ccc1[C@H]1C2=CC[C@@H]3C(=O)N(c4cc([N+](=O)[O-])c(N(C)C)c([N+](=O)[O-])c4)C(=O)[C@@H]3[C@@H]2C[C@H]2C(=O)N(c3ccccc3)C(=O)[C@@]12C. The number of benzene rings is 3. The summed E-state index contributed by atoms with van der Waals surface area (Å²) in [4.78, 5) is 83.3. The van der Waals surface area contributed by atoms with Gasteiger partial charge in [-0.05, 0) is 43.9 Å². The van der Waals surface area contributed by atoms with Gasteiger partial charge in [-0.2, -0.15) is 0 Å². The number of nitro benzene ring substituents is 2. The topological polar surface area (TPSA) is 194 Å². The number of anilines is 3. The Kier molecular flexibility index (Phi) is 7.69. The van der Waals surface area contributed by atoms with Gasteiger partial charge in [-0.15, -0.1) is 0 Å². The van der Waals surface area contributed by atoms with Crippen LogP contribution in [0.2, 0.25) is 0 Å². The minimum absolute atomic E-state index is 0.0427. The Bertz CT molecular complexity index is 2060. The van der Waals surface area contributed by atoms with Crippen molar-refractivity contribution in [3.63, 3.8) is 0 Å². The molecule has 0 bridgehead atoms. The number of hydrogen-bond donors (Lipinski definition) is 1. The number of nitro groups is 2. The molecule has 7 rings (SSSR count). The molecule has 262 valence electrons. The summed E-state index contributed by atoms with van der Waals surface area (Å²) in [7, 11) is 4.24. The summed E-state index contributed by atoms with van der Waals surface area (Å²) >= 11 is 0. The molecule has 3 aromatic rings. The third-order valence-electron chi connectivity index (χ3n) is 11.0. The van der Waals surface area contributed by atoms with Crippen LogP contribution in [0.25, 0.3) is 0 Å². The molecule has 2 saturated heterocycles. The van der Waals surface area contributed by atoms with Crippen molar-refractivity contribution in [1.29, 1.82) is 0 Å². The Morgan fingerprint density at radius 3 is 2.10 bits per heavy atom. The lowest BCUT2D eigenvalue weighted by Crippen LogP contribution is -2.49. The van der Waals surface area contributed by atoms with Crippen LogP contribution < -0.4 is 19.4 Å². The smallest absolute Gasteiger partial charge is 0.301 e. The average molecular weight is 696 g/mol. The van der Waals surface area contributed by atoms with Crippen molar-refractivity contribution in [3.8, 4) is 11.5 Å². The lowest BCUT2D eigenvalue weighted by Gasteiger charge is -2.49. The Morgan fingerprint density at radius 2 is 1.51 bits per heavy atom. The lowest BCUT2D eigenvalue weighted by molar-refractivity contribution is -0.392. The fourth-order valence-electron chi connectivity index (χ4n) is 8.83. The minimum atomic E-state index is -1.36. The van der Waals surface area contributed by atoms with E-state index in [1.807, 2.05) is 6.08 Å². The number of rotatable bonds is 7. The number of allylic oxidation sites excluding steroid dienone is 2. The summed E-state index contributed by atoms with van der Waals surface area (Å²) < 4.78 is 5.67. The Balaban J connectivity index is 1.38. The Morgan fingerprint density at radius 1 is 0.863 bits per heavy atom. The number of imide groups is 2. The van der Waals surface area contributed by atoms with Gasteiger partial charge < -0.3 is 14.7 Å². The van der Waals surface area contributed by atoms with E-state index in [0.717, 1.165) is 17.0 Å². The van der Waals surface area contributed by atoms with Crippen molar-refractivity contribution in [3.05, 3.63) is 98.1 Å². The fourth-order valence-corrected chi connectivity index (χ4v) is 8.83. The van der Waals surface area contributed by atoms with Crippen LogP contribution in [0.15, 0.2) is 72.3 Å². The summed E-state index contributed by atoms with van der Waals surface area (Å²) in [6, 6.07) is 15.0. The Labute approximate surface area is 291 Å². The average Bonchev–Trinajstić information content (AvgIpc) is 3.47. The van der Waals surface area contributed by atoms with Gasteiger partial charge in [-0.1, -0.05) is 35.9 Å². The molecule has 2 heterocycles. The summed E-state index contributed by atoms with van der Waals surface area (Å²) in [5.41, 5.74) is -1.71. The molecular weight excluding hydrogens is 662 g/mol. The van der Waals surface area contributed by atoms with Crippen molar-refractivity contribution in [1.82, 2.24) is 0 Å². The number of hydrogen-bond acceptors (Lipinski definition) is 11. The van der Waals surface area contributed by atoms with Gasteiger partial charge in [0.2, 0.25) is 23.6 Å². The second kappa shape index (κ2) is 11.7. The molecule has 6 atom stereocenters. The van der Waals surface area contributed by atoms with Gasteiger partial charge in [0.1, 0.15) is 11.5 Å². The van der Waals surface area contributed by atoms with E-state index in [4.69, 9.17) is 4.74 Å². The largest absolute Gasteiger partial charge is 0.508 e. The zero-order valence-corrected chi connectivity index (χ0v) is 28.0. The molecule has 0 aromatic heterocycles. The quantitative estimate of drug-likeness (QED) is 0.156. The monoisotopic (exact) mass is 695 g/mol. The molecule has 0 spiro atoms. The maximum absolute atomic E-state index is 14.6. The molecule has 51 heavy (non-hydrogen) atoms. The number of nitrogens with zero attached hydrogens (tertiary/aromatic N) is 5. The predicted molar refractivity (Wildman–Crippen MR) is 182 cm³/mol. The van der Waals surface area contributed by atoms with E-state index in [2.05, 4.69) is 0 Å². The molecule has 4 aliphatic rings. The van der Waals surface area contributed by atoms with E-state index in [0.29, 0.717) is 16.8 Å². The summed E-state index contributed by atoms with van der Waals surface area (Å²) in [5, 5.41) is 34.5. The van der Waals surface area contributed by atoms with Crippen LogP contribution >= 0.6 is 0 Å². The van der Waals surface area contributed by atoms with Gasteiger partial charge in [0, 0.05) is 43.8 Å². The lowest BCUT2D eigenvalue weighted by atomic mass is 9.51. The highest BCUT2D eigenvalue weighted by molar-refractivity contribution is 6.25. The van der Waals surface area contributed by atoms with Crippen molar-refractivity contribution < 1.29 is 38.9 Å². The number of amides is 4. The predicted octanol–water partition coefficient (Wildman–Crippen LogP) is 4.72. The Hall–Kier alpha value is -6.12. The van der Waals surface area contributed by atoms with E-state index < -0.39 is 79.9 Å². The van der Waals surface area contributed by atoms with E-state index in [1.54, 1.807) is 43.3 Å². The van der Waals surface area contributed by atoms with Gasteiger partial charge in [0.05, 0.1) is 51.5 Å². The number of ether oxygens (including phenoxy) is 1. The van der Waals surface area contributed by atoms with Crippen LogP contribution in [0.3, 0.4) is 0 Å². The van der Waals surface area contributed by atoms with Gasteiger partial charge in [-0.3, -0.25) is 39.4 Å². The van der Waals surface area contributed by atoms with E-state index in [-0.39, 0.29) is 35.7 Å². The highest BCUT2D eigenvalue weighted by Crippen LogP contribution is 2.64. The number of carbonyl (C=O) groups is 4. The first-order valence-electron chi connectivity index (χ1n) is 16.2. The number of methoxy groups -OCH3 is 1. The first-order valence-corrected chi connectivity index (χ1v) is 16.2. The van der Waals surface area contributed by atoms with E-state index in [9.17, 15) is 44.5 Å². The van der Waals surface area contributed by atoms with Gasteiger partial charge in [0.25, 0.3) is 0 Å². The molecule has 0 radical (unpaired) electrons. The molecule has 3 aromatic carbocycles. The zero-order valence-electron chi connectivity index (χ0n) is 28.0. The van der Waals surface area contributed by atoms with Crippen LogP contribution in [-0.4, -0.2) is 59.8 Å². The molecular formula is C36H33N5O10. The second-order valence-corrected chi connectivity index (χ2v) is 13.7. The molecule has 4 amide bonds. The molecule has 1 saturated carbocycles. The molecule has 15 heteroatoms. The van der Waals surface area contributed by atoms with Crippen molar-refractivity contribution in [2.45, 2.75) is 25.7 Å². The summed E-state index contributed by atoms with van der Waals surface area (Å²) in [6.07, 6.45) is 1.93. The highest BCUT2D eigenvalue weighted by atomic mass is 16.6. The molecule has 1 N–H and O–H groups in total. The van der Waals surface area contributed by atoms with Crippen molar-refractivity contribution in [2.24, 2.45) is 29.1 Å². The van der Waals surface area contributed by atoms with Crippen LogP contribution in [0.1, 0.15) is 31.2 Å². The van der Waals surface area contributed by atoms with E-state index in [1.165, 1.54) is 43.1 Å².